The molecule has 1 heterocycles. The molecular weight excluding hydrogens is 206 g/mol. The Labute approximate surface area is 96.6 Å². The Hall–Kier alpha value is -1.10. The standard InChI is InChI=1S/C11H21N3O2/c1-8(2)10(15)13-9(3)11(16)14-6-4-12-5-7-14/h8-9,12H,4-7H2,1-3H3,(H,13,15). The maximum Gasteiger partial charge on any atom is 0.244 e. The molecule has 1 fully saturated rings. The lowest BCUT2D eigenvalue weighted by molar-refractivity contribution is -0.137. The lowest BCUT2D eigenvalue weighted by atomic mass is 10.2. The van der Waals surface area contributed by atoms with E-state index in [1.165, 1.54) is 0 Å². The highest BCUT2D eigenvalue weighted by Crippen LogP contribution is 1.99. The molecule has 0 aromatic rings. The Balaban J connectivity index is 2.43. The van der Waals surface area contributed by atoms with Crippen molar-refractivity contribution in [1.29, 1.82) is 0 Å². The average Bonchev–Trinajstić information content (AvgIpc) is 2.28. The highest BCUT2D eigenvalue weighted by atomic mass is 16.2. The number of carbonyl (C=O) groups excluding carboxylic acids is 2. The van der Waals surface area contributed by atoms with E-state index in [1.807, 2.05) is 13.8 Å². The van der Waals surface area contributed by atoms with Crippen LogP contribution in [-0.2, 0) is 9.59 Å². The third-order valence-corrected chi connectivity index (χ3v) is 2.68. The summed E-state index contributed by atoms with van der Waals surface area (Å²) in [6.07, 6.45) is 0. The number of carbonyl (C=O) groups is 2. The molecule has 1 atom stereocenters. The van der Waals surface area contributed by atoms with E-state index in [4.69, 9.17) is 0 Å². The van der Waals surface area contributed by atoms with Crippen LogP contribution in [0.2, 0.25) is 0 Å². The van der Waals surface area contributed by atoms with Crippen molar-refractivity contribution in [3.63, 3.8) is 0 Å². The number of hydrogen-bond donors (Lipinski definition) is 2. The number of amides is 2. The first-order valence-electron chi connectivity index (χ1n) is 5.82. The molecule has 92 valence electrons. The van der Waals surface area contributed by atoms with Crippen molar-refractivity contribution in [2.24, 2.45) is 5.92 Å². The molecule has 0 saturated carbocycles. The molecule has 1 unspecified atom stereocenters. The summed E-state index contributed by atoms with van der Waals surface area (Å²) < 4.78 is 0. The summed E-state index contributed by atoms with van der Waals surface area (Å²) >= 11 is 0. The van der Waals surface area contributed by atoms with E-state index in [9.17, 15) is 9.59 Å². The fourth-order valence-corrected chi connectivity index (χ4v) is 1.60. The molecule has 1 saturated heterocycles. The molecule has 0 aliphatic carbocycles. The largest absolute Gasteiger partial charge is 0.344 e. The summed E-state index contributed by atoms with van der Waals surface area (Å²) in [7, 11) is 0. The second-order valence-corrected chi connectivity index (χ2v) is 4.46. The van der Waals surface area contributed by atoms with Crippen molar-refractivity contribution in [3.8, 4) is 0 Å². The van der Waals surface area contributed by atoms with E-state index in [1.54, 1.807) is 11.8 Å². The van der Waals surface area contributed by atoms with E-state index >= 15 is 0 Å². The van der Waals surface area contributed by atoms with Gasteiger partial charge in [-0.25, -0.2) is 0 Å². The van der Waals surface area contributed by atoms with Crippen LogP contribution in [0.25, 0.3) is 0 Å². The monoisotopic (exact) mass is 227 g/mol. The van der Waals surface area contributed by atoms with Crippen molar-refractivity contribution >= 4 is 11.8 Å². The Morgan fingerprint density at radius 3 is 2.25 bits per heavy atom. The zero-order valence-electron chi connectivity index (χ0n) is 10.2. The summed E-state index contributed by atoms with van der Waals surface area (Å²) in [6.45, 7) is 8.48. The van der Waals surface area contributed by atoms with Gasteiger partial charge in [0, 0.05) is 32.1 Å². The third-order valence-electron chi connectivity index (χ3n) is 2.68. The molecule has 1 aliphatic rings. The van der Waals surface area contributed by atoms with E-state index in [2.05, 4.69) is 10.6 Å². The van der Waals surface area contributed by atoms with Crippen LogP contribution in [0.4, 0.5) is 0 Å². The van der Waals surface area contributed by atoms with Gasteiger partial charge in [0.2, 0.25) is 11.8 Å². The zero-order valence-corrected chi connectivity index (χ0v) is 10.2. The maximum atomic E-state index is 11.9. The summed E-state index contributed by atoms with van der Waals surface area (Å²) in [6, 6.07) is -0.423. The topological polar surface area (TPSA) is 61.4 Å². The maximum absolute atomic E-state index is 11.9. The van der Waals surface area contributed by atoms with E-state index < -0.39 is 6.04 Å². The molecule has 0 spiro atoms. The normalized spacial score (nSPS) is 18.4. The SMILES string of the molecule is CC(C)C(=O)NC(C)C(=O)N1CCNCC1. The molecule has 1 rings (SSSR count). The van der Waals surface area contributed by atoms with Crippen molar-refractivity contribution in [1.82, 2.24) is 15.5 Å². The van der Waals surface area contributed by atoms with Gasteiger partial charge in [-0.05, 0) is 6.92 Å². The van der Waals surface area contributed by atoms with Crippen molar-refractivity contribution in [2.75, 3.05) is 26.2 Å². The van der Waals surface area contributed by atoms with Crippen LogP contribution < -0.4 is 10.6 Å². The lowest BCUT2D eigenvalue weighted by Crippen LogP contribution is -2.53. The summed E-state index contributed by atoms with van der Waals surface area (Å²) in [5, 5.41) is 5.91. The molecule has 0 aromatic heterocycles. The molecule has 0 bridgehead atoms. The predicted molar refractivity (Wildman–Crippen MR) is 61.9 cm³/mol. The summed E-state index contributed by atoms with van der Waals surface area (Å²) in [5.74, 6) is -0.148. The molecule has 1 aliphatic heterocycles. The second kappa shape index (κ2) is 5.84. The van der Waals surface area contributed by atoms with E-state index in [0.717, 1.165) is 26.2 Å². The molecule has 16 heavy (non-hydrogen) atoms. The molecular formula is C11H21N3O2. The number of rotatable bonds is 3. The molecule has 5 nitrogen and oxygen atoms in total. The van der Waals surface area contributed by atoms with Crippen LogP contribution in [0.3, 0.4) is 0 Å². The van der Waals surface area contributed by atoms with Crippen LogP contribution >= 0.6 is 0 Å². The zero-order chi connectivity index (χ0) is 12.1. The number of nitrogens with one attached hydrogen (secondary N) is 2. The van der Waals surface area contributed by atoms with Gasteiger partial charge in [-0.2, -0.15) is 0 Å². The number of nitrogens with zero attached hydrogens (tertiary/aromatic N) is 1. The average molecular weight is 227 g/mol. The predicted octanol–water partition coefficient (Wildman–Crippen LogP) is -0.421. The van der Waals surface area contributed by atoms with Crippen LogP contribution in [-0.4, -0.2) is 48.9 Å². The van der Waals surface area contributed by atoms with Crippen molar-refractivity contribution in [2.45, 2.75) is 26.8 Å². The minimum atomic E-state index is -0.423. The second-order valence-electron chi connectivity index (χ2n) is 4.46. The fourth-order valence-electron chi connectivity index (χ4n) is 1.60. The first-order chi connectivity index (χ1) is 7.52. The first kappa shape index (κ1) is 13.0. The minimum absolute atomic E-state index is 0.00972. The number of hydrogen-bond acceptors (Lipinski definition) is 3. The van der Waals surface area contributed by atoms with Gasteiger partial charge in [0.1, 0.15) is 6.04 Å². The molecule has 2 amide bonds. The molecule has 0 aromatic carbocycles. The highest BCUT2D eigenvalue weighted by molar-refractivity contribution is 5.88. The fraction of sp³-hybridized carbons (Fsp3) is 0.818. The van der Waals surface area contributed by atoms with Crippen LogP contribution in [0, 0.1) is 5.92 Å². The van der Waals surface area contributed by atoms with Gasteiger partial charge >= 0.3 is 0 Å². The minimum Gasteiger partial charge on any atom is -0.344 e. The van der Waals surface area contributed by atoms with Gasteiger partial charge in [0.15, 0.2) is 0 Å². The van der Waals surface area contributed by atoms with Crippen molar-refractivity contribution < 1.29 is 9.59 Å². The highest BCUT2D eigenvalue weighted by Gasteiger charge is 2.23. The Bertz CT molecular complexity index is 260. The quantitative estimate of drug-likeness (QED) is 0.688. The van der Waals surface area contributed by atoms with Crippen molar-refractivity contribution in [3.05, 3.63) is 0 Å². The van der Waals surface area contributed by atoms with Gasteiger partial charge in [0.25, 0.3) is 0 Å². The van der Waals surface area contributed by atoms with E-state index in [0.29, 0.717) is 0 Å². The summed E-state index contributed by atoms with van der Waals surface area (Å²) in [4.78, 5) is 25.2. The Kier molecular flexibility index (Phi) is 4.73. The van der Waals surface area contributed by atoms with Gasteiger partial charge in [0.05, 0.1) is 0 Å². The Morgan fingerprint density at radius 2 is 1.75 bits per heavy atom. The molecule has 0 radical (unpaired) electrons. The lowest BCUT2D eigenvalue weighted by Gasteiger charge is -2.30. The van der Waals surface area contributed by atoms with E-state index in [-0.39, 0.29) is 17.7 Å². The molecule has 2 N–H and O–H groups in total. The molecule has 5 heteroatoms. The third kappa shape index (κ3) is 3.48. The van der Waals surface area contributed by atoms with Gasteiger partial charge in [-0.3, -0.25) is 9.59 Å². The van der Waals surface area contributed by atoms with Crippen LogP contribution in [0.1, 0.15) is 20.8 Å². The summed E-state index contributed by atoms with van der Waals surface area (Å²) in [5.41, 5.74) is 0. The van der Waals surface area contributed by atoms with Gasteiger partial charge < -0.3 is 15.5 Å². The van der Waals surface area contributed by atoms with Gasteiger partial charge in [-0.1, -0.05) is 13.8 Å². The first-order valence-corrected chi connectivity index (χ1v) is 5.82. The smallest absolute Gasteiger partial charge is 0.244 e. The van der Waals surface area contributed by atoms with Crippen LogP contribution in [0.5, 0.6) is 0 Å². The number of piperazine rings is 1. The van der Waals surface area contributed by atoms with Gasteiger partial charge in [-0.15, -0.1) is 0 Å². The van der Waals surface area contributed by atoms with Crippen LogP contribution in [0.15, 0.2) is 0 Å². The Morgan fingerprint density at radius 1 is 1.19 bits per heavy atom.